The molecule has 0 saturated carbocycles. The van der Waals surface area contributed by atoms with Gasteiger partial charge in [-0.05, 0) is 86.5 Å². The number of thioether (sulfide) groups is 1. The third-order valence-electron chi connectivity index (χ3n) is 3.84. The van der Waals surface area contributed by atoms with Crippen molar-refractivity contribution in [1.29, 1.82) is 0 Å². The van der Waals surface area contributed by atoms with E-state index in [2.05, 4.69) is 37.2 Å². The van der Waals surface area contributed by atoms with Crippen LogP contribution in [0.5, 0.6) is 5.75 Å². The molecule has 9 heteroatoms. The Bertz CT molecular complexity index is 972. The summed E-state index contributed by atoms with van der Waals surface area (Å²) in [7, 11) is 0. The lowest BCUT2D eigenvalue weighted by Crippen LogP contribution is -2.36. The maximum Gasteiger partial charge on any atom is 0.294 e. The zero-order valence-corrected chi connectivity index (χ0v) is 19.3. The van der Waals surface area contributed by atoms with Gasteiger partial charge in [-0.25, -0.2) is 0 Å². The lowest BCUT2D eigenvalue weighted by molar-refractivity contribution is -0.127. The minimum Gasteiger partial charge on any atom is -0.492 e. The highest BCUT2D eigenvalue weighted by molar-refractivity contribution is 9.11. The van der Waals surface area contributed by atoms with Crippen LogP contribution in [0.25, 0.3) is 6.08 Å². The van der Waals surface area contributed by atoms with Gasteiger partial charge in [-0.2, -0.15) is 0 Å². The predicted octanol–water partition coefficient (Wildman–Crippen LogP) is 5.29. The van der Waals surface area contributed by atoms with E-state index in [0.29, 0.717) is 23.6 Å². The lowest BCUT2D eigenvalue weighted by Gasteiger charge is -2.12. The minimum absolute atomic E-state index is 0.255. The maximum absolute atomic E-state index is 12.6. The molecule has 1 fully saturated rings. The highest BCUT2D eigenvalue weighted by atomic mass is 79.9. The van der Waals surface area contributed by atoms with Crippen LogP contribution < -0.4 is 10.1 Å². The number of halogens is 2. The first-order valence-corrected chi connectivity index (χ1v) is 11.0. The normalized spacial score (nSPS) is 15.1. The Morgan fingerprint density at radius 2 is 1.83 bits per heavy atom. The summed E-state index contributed by atoms with van der Waals surface area (Å²) in [6.07, 6.45) is 1.62. The van der Waals surface area contributed by atoms with E-state index in [1.807, 2.05) is 13.0 Å². The van der Waals surface area contributed by atoms with Crippen molar-refractivity contribution in [2.24, 2.45) is 0 Å². The molecule has 1 aliphatic heterocycles. The van der Waals surface area contributed by atoms with Gasteiger partial charge in [-0.3, -0.25) is 19.3 Å². The van der Waals surface area contributed by atoms with Crippen molar-refractivity contribution in [1.82, 2.24) is 4.90 Å². The van der Waals surface area contributed by atoms with Crippen LogP contribution in [-0.2, 0) is 9.59 Å². The van der Waals surface area contributed by atoms with Crippen molar-refractivity contribution in [3.8, 4) is 5.75 Å². The molecule has 0 aliphatic carbocycles. The Hall–Kier alpha value is -2.10. The number of ether oxygens (including phenoxy) is 1. The van der Waals surface area contributed by atoms with Gasteiger partial charge in [-0.15, -0.1) is 0 Å². The van der Waals surface area contributed by atoms with Crippen molar-refractivity contribution in [3.05, 3.63) is 61.9 Å². The second-order valence-corrected chi connectivity index (χ2v) is 8.63. The highest BCUT2D eigenvalue weighted by Gasteiger charge is 2.36. The summed E-state index contributed by atoms with van der Waals surface area (Å²) in [5, 5.41) is 2.19. The van der Waals surface area contributed by atoms with Gasteiger partial charge in [-0.1, -0.05) is 18.2 Å². The lowest BCUT2D eigenvalue weighted by atomic mass is 10.2. The molecule has 1 N–H and O–H groups in total. The molecule has 1 aliphatic rings. The summed E-state index contributed by atoms with van der Waals surface area (Å²) in [4.78, 5) is 38.3. The first-order chi connectivity index (χ1) is 13.9. The Kier molecular flexibility index (Phi) is 7.15. The van der Waals surface area contributed by atoms with Crippen LogP contribution in [0.3, 0.4) is 0 Å². The molecule has 0 aromatic heterocycles. The van der Waals surface area contributed by atoms with Gasteiger partial charge in [0, 0.05) is 5.69 Å². The topological polar surface area (TPSA) is 75.7 Å². The average molecular weight is 540 g/mol. The monoisotopic (exact) mass is 538 g/mol. The Balaban J connectivity index is 1.74. The maximum atomic E-state index is 12.6. The van der Waals surface area contributed by atoms with Gasteiger partial charge >= 0.3 is 0 Å². The predicted molar refractivity (Wildman–Crippen MR) is 121 cm³/mol. The van der Waals surface area contributed by atoms with Crippen LogP contribution in [0.4, 0.5) is 10.5 Å². The molecular formula is C20H16Br2N2O4S. The fourth-order valence-corrected chi connectivity index (χ4v) is 4.89. The molecule has 0 unspecified atom stereocenters. The summed E-state index contributed by atoms with van der Waals surface area (Å²) in [5.41, 5.74) is 1.32. The van der Waals surface area contributed by atoms with E-state index < -0.39 is 17.1 Å². The first kappa shape index (κ1) is 21.6. The Labute approximate surface area is 188 Å². The fraction of sp³-hybridized carbons (Fsp3) is 0.150. The van der Waals surface area contributed by atoms with E-state index in [1.165, 1.54) is 0 Å². The highest BCUT2D eigenvalue weighted by Crippen LogP contribution is 2.37. The standard InChI is InChI=1S/C20H16Br2N2O4S/c1-2-28-18-14(21)8-12(9-15(18)22)10-16-19(26)24(20(27)29-16)11-17(25)23-13-6-4-3-5-7-13/h3-10H,2,11H2,1H3,(H,23,25)/b16-10-. The van der Waals surface area contributed by atoms with Gasteiger partial charge < -0.3 is 10.1 Å². The molecule has 1 heterocycles. The Morgan fingerprint density at radius 1 is 1.17 bits per heavy atom. The molecule has 3 amide bonds. The molecule has 29 heavy (non-hydrogen) atoms. The van der Waals surface area contributed by atoms with Crippen LogP contribution in [0.2, 0.25) is 0 Å². The van der Waals surface area contributed by atoms with Crippen molar-refractivity contribution < 1.29 is 19.1 Å². The number of amides is 3. The van der Waals surface area contributed by atoms with Gasteiger partial charge in [0.05, 0.1) is 20.5 Å². The number of imide groups is 1. The van der Waals surface area contributed by atoms with E-state index in [4.69, 9.17) is 4.74 Å². The number of hydrogen-bond acceptors (Lipinski definition) is 5. The quantitative estimate of drug-likeness (QED) is 0.505. The number of anilines is 1. The van der Waals surface area contributed by atoms with Crippen LogP contribution in [0.1, 0.15) is 12.5 Å². The van der Waals surface area contributed by atoms with Crippen molar-refractivity contribution in [2.45, 2.75) is 6.92 Å². The SMILES string of the molecule is CCOc1c(Br)cc(/C=C2\SC(=O)N(CC(=O)Nc3ccccc3)C2=O)cc1Br. The van der Waals surface area contributed by atoms with Gasteiger partial charge in [0.2, 0.25) is 5.91 Å². The molecule has 0 bridgehead atoms. The number of carbonyl (C=O) groups excluding carboxylic acids is 3. The van der Waals surface area contributed by atoms with Gasteiger partial charge in [0.25, 0.3) is 11.1 Å². The van der Waals surface area contributed by atoms with E-state index in [-0.39, 0.29) is 11.4 Å². The van der Waals surface area contributed by atoms with E-state index >= 15 is 0 Å². The van der Waals surface area contributed by atoms with Gasteiger partial charge in [0.1, 0.15) is 12.3 Å². The van der Waals surface area contributed by atoms with Crippen LogP contribution in [0.15, 0.2) is 56.3 Å². The molecule has 3 rings (SSSR count). The largest absolute Gasteiger partial charge is 0.492 e. The molecule has 0 radical (unpaired) electrons. The minimum atomic E-state index is -0.496. The molecule has 1 saturated heterocycles. The van der Waals surface area contributed by atoms with Crippen LogP contribution in [0, 0.1) is 0 Å². The second-order valence-electron chi connectivity index (χ2n) is 5.93. The van der Waals surface area contributed by atoms with Crippen molar-refractivity contribution in [2.75, 3.05) is 18.5 Å². The van der Waals surface area contributed by atoms with Crippen molar-refractivity contribution in [3.63, 3.8) is 0 Å². The average Bonchev–Trinajstić information content (AvgIpc) is 2.93. The van der Waals surface area contributed by atoms with Crippen LogP contribution in [-0.4, -0.2) is 35.1 Å². The number of benzene rings is 2. The summed E-state index contributed by atoms with van der Waals surface area (Å²) in [5.74, 6) is -0.272. The number of hydrogen-bond donors (Lipinski definition) is 1. The number of nitrogens with zero attached hydrogens (tertiary/aromatic N) is 1. The Morgan fingerprint density at radius 3 is 2.45 bits per heavy atom. The molecule has 2 aromatic rings. The molecule has 0 atom stereocenters. The molecule has 2 aromatic carbocycles. The summed E-state index contributed by atoms with van der Waals surface area (Å²) in [6.45, 7) is 2.06. The molecule has 150 valence electrons. The smallest absolute Gasteiger partial charge is 0.294 e. The third kappa shape index (κ3) is 5.29. The fourth-order valence-electron chi connectivity index (χ4n) is 2.60. The zero-order chi connectivity index (χ0) is 21.0. The summed E-state index contributed by atoms with van der Waals surface area (Å²) < 4.78 is 6.99. The number of rotatable bonds is 6. The summed E-state index contributed by atoms with van der Waals surface area (Å²) in [6, 6.07) is 12.4. The van der Waals surface area contributed by atoms with Gasteiger partial charge in [0.15, 0.2) is 0 Å². The van der Waals surface area contributed by atoms with E-state index in [1.54, 1.807) is 42.5 Å². The molecule has 0 spiro atoms. The zero-order valence-electron chi connectivity index (χ0n) is 15.3. The second kappa shape index (κ2) is 9.60. The van der Waals surface area contributed by atoms with Crippen molar-refractivity contribution >= 4 is 72.4 Å². The third-order valence-corrected chi connectivity index (χ3v) is 5.93. The van der Waals surface area contributed by atoms with E-state index in [9.17, 15) is 14.4 Å². The summed E-state index contributed by atoms with van der Waals surface area (Å²) >= 11 is 7.70. The van der Waals surface area contributed by atoms with E-state index in [0.717, 1.165) is 25.6 Å². The number of nitrogens with one attached hydrogen (secondary N) is 1. The van der Waals surface area contributed by atoms with Crippen LogP contribution >= 0.6 is 43.6 Å². The molecular weight excluding hydrogens is 524 g/mol. The number of carbonyl (C=O) groups is 3. The number of para-hydroxylation sites is 1. The molecule has 6 nitrogen and oxygen atoms in total. The first-order valence-electron chi connectivity index (χ1n) is 8.61.